The van der Waals surface area contributed by atoms with Gasteiger partial charge in [-0.25, -0.2) is 0 Å². The van der Waals surface area contributed by atoms with Crippen molar-refractivity contribution in [2.75, 3.05) is 39.5 Å². The lowest BCUT2D eigenvalue weighted by molar-refractivity contribution is -0.145. The van der Waals surface area contributed by atoms with Crippen LogP contribution in [0.15, 0.2) is 66.7 Å². The molecule has 0 bridgehead atoms. The number of aliphatic hydroxyl groups excluding tert-OH is 1. The second-order valence-corrected chi connectivity index (χ2v) is 24.3. The summed E-state index contributed by atoms with van der Waals surface area (Å²) in [5.41, 5.74) is 6.26. The summed E-state index contributed by atoms with van der Waals surface area (Å²) in [7, 11) is 3.32. The molecule has 18 heteroatoms. The van der Waals surface area contributed by atoms with Gasteiger partial charge in [-0.2, -0.15) is 0 Å². The van der Waals surface area contributed by atoms with Gasteiger partial charge >= 0.3 is 0 Å². The Morgan fingerprint density at radius 2 is 1.22 bits per heavy atom. The number of benzene rings is 3. The minimum Gasteiger partial charge on any atom is -0.395 e. The first-order valence-corrected chi connectivity index (χ1v) is 28.1. The van der Waals surface area contributed by atoms with Crippen molar-refractivity contribution >= 4 is 53.1 Å². The molecule has 3 aromatic rings. The van der Waals surface area contributed by atoms with Crippen LogP contribution in [0.2, 0.25) is 0 Å². The molecule has 9 atom stereocenters. The van der Waals surface area contributed by atoms with Crippen LogP contribution in [0.5, 0.6) is 0 Å². The molecule has 3 aromatic carbocycles. The predicted octanol–water partition coefficient (Wildman–Crippen LogP) is 3.86. The maximum absolute atomic E-state index is 15.6. The van der Waals surface area contributed by atoms with Gasteiger partial charge in [-0.05, 0) is 131 Å². The minimum atomic E-state index is -1.20. The van der Waals surface area contributed by atoms with Crippen molar-refractivity contribution in [1.29, 1.82) is 0 Å². The molecule has 17 nitrogen and oxygen atoms in total. The number of likely N-dealkylation sites (N-methyl/N-ethyl adjacent to an activating group) is 2. The van der Waals surface area contributed by atoms with Gasteiger partial charge in [0.15, 0.2) is 0 Å². The van der Waals surface area contributed by atoms with E-state index >= 15 is 9.59 Å². The van der Waals surface area contributed by atoms with Crippen molar-refractivity contribution in [2.24, 2.45) is 5.41 Å². The number of nitrogens with one attached hydrogen (secondary N) is 7. The zero-order valence-corrected chi connectivity index (χ0v) is 46.7. The second kappa shape index (κ2) is 25.1. The number of aryl methyl sites for hydroxylation is 2. The van der Waals surface area contributed by atoms with Crippen LogP contribution in [-0.2, 0) is 59.4 Å². The van der Waals surface area contributed by atoms with E-state index < -0.39 is 58.2 Å². The second-order valence-electron chi connectivity index (χ2n) is 22.7. The van der Waals surface area contributed by atoms with Gasteiger partial charge in [-0.15, -0.1) is 11.8 Å². The third-order valence-electron chi connectivity index (χ3n) is 16.0. The molecule has 1 fully saturated rings. The zero-order chi connectivity index (χ0) is 55.1. The van der Waals surface area contributed by atoms with Crippen LogP contribution in [0.1, 0.15) is 138 Å². The van der Waals surface area contributed by atoms with Crippen LogP contribution in [0.4, 0.5) is 0 Å². The molecule has 412 valence electrons. The average molecular weight is 1060 g/mol. The average Bonchev–Trinajstić information content (AvgIpc) is 3.88. The van der Waals surface area contributed by atoms with Crippen LogP contribution in [0, 0.1) is 5.41 Å². The van der Waals surface area contributed by atoms with Gasteiger partial charge in [-0.3, -0.25) is 33.6 Å². The number of hydrogen-bond donors (Lipinski definition) is 8. The molecule has 6 unspecified atom stereocenters. The molecule has 4 aliphatic rings. The first-order valence-electron chi connectivity index (χ1n) is 27.1. The molecule has 76 heavy (non-hydrogen) atoms. The van der Waals surface area contributed by atoms with Crippen LogP contribution in [-0.4, -0.2) is 137 Å². The largest absolute Gasteiger partial charge is 0.395 e. The number of likely N-dealkylation sites (tertiary alicyclic amines) is 1. The van der Waals surface area contributed by atoms with E-state index in [1.54, 1.807) is 51.6 Å². The lowest BCUT2D eigenvalue weighted by atomic mass is 9.85. The monoisotopic (exact) mass is 1060 g/mol. The van der Waals surface area contributed by atoms with E-state index in [1.807, 2.05) is 69.3 Å². The lowest BCUT2D eigenvalue weighted by Gasteiger charge is -2.42. The molecule has 1 saturated heterocycles. The van der Waals surface area contributed by atoms with Crippen LogP contribution in [0.25, 0.3) is 0 Å². The van der Waals surface area contributed by atoms with E-state index in [2.05, 4.69) is 55.4 Å². The maximum Gasteiger partial charge on any atom is 0.247 e. The number of fused-ring (bicyclic) bond motifs is 3. The summed E-state index contributed by atoms with van der Waals surface area (Å²) in [6.07, 6.45) is 5.59. The van der Waals surface area contributed by atoms with Crippen molar-refractivity contribution in [3.8, 4) is 0 Å². The Labute approximate surface area is 453 Å². The van der Waals surface area contributed by atoms with Gasteiger partial charge in [0.1, 0.15) is 24.2 Å². The fraction of sp³-hybridized carbons (Fsp3) is 0.569. The quantitative estimate of drug-likeness (QED) is 0.0860. The summed E-state index contributed by atoms with van der Waals surface area (Å²) in [4.78, 5) is 104. The normalized spacial score (nSPS) is 21.8. The van der Waals surface area contributed by atoms with E-state index in [1.165, 1.54) is 22.9 Å². The Balaban J connectivity index is 1.24. The van der Waals surface area contributed by atoms with Gasteiger partial charge in [-0.1, -0.05) is 87.5 Å². The smallest absolute Gasteiger partial charge is 0.247 e. The van der Waals surface area contributed by atoms with E-state index in [9.17, 15) is 29.1 Å². The van der Waals surface area contributed by atoms with Gasteiger partial charge in [0.05, 0.1) is 36.5 Å². The van der Waals surface area contributed by atoms with E-state index in [-0.39, 0.29) is 86.0 Å². The van der Waals surface area contributed by atoms with Gasteiger partial charge in [0.25, 0.3) is 0 Å². The molecule has 7 rings (SSSR count). The van der Waals surface area contributed by atoms with Crippen molar-refractivity contribution in [1.82, 2.24) is 47.0 Å². The number of nitrogens with zero attached hydrogens (tertiary/aromatic N) is 2. The number of rotatable bonds is 19. The third-order valence-corrected chi connectivity index (χ3v) is 17.4. The molecule has 2 aliphatic heterocycles. The maximum atomic E-state index is 15.6. The minimum absolute atomic E-state index is 0.00911. The summed E-state index contributed by atoms with van der Waals surface area (Å²) < 4.78 is -1.08. The highest BCUT2D eigenvalue weighted by Crippen LogP contribution is 2.39. The number of amides is 7. The molecule has 0 spiro atoms. The van der Waals surface area contributed by atoms with Crippen molar-refractivity contribution in [2.45, 2.75) is 165 Å². The fourth-order valence-electron chi connectivity index (χ4n) is 11.1. The fourth-order valence-corrected chi connectivity index (χ4v) is 12.1. The Kier molecular flexibility index (Phi) is 19.1. The lowest BCUT2D eigenvalue weighted by Crippen LogP contribution is -2.63. The summed E-state index contributed by atoms with van der Waals surface area (Å²) in [6.45, 7) is 12.7. The first kappa shape index (κ1) is 57.9. The van der Waals surface area contributed by atoms with Crippen LogP contribution in [0.3, 0.4) is 0 Å². The Bertz CT molecular complexity index is 2620. The number of carbonyl (C=O) groups excluding carboxylic acids is 7. The Morgan fingerprint density at radius 1 is 0.684 bits per heavy atom. The number of hydrogen-bond acceptors (Lipinski definition) is 11. The third kappa shape index (κ3) is 13.5. The predicted molar refractivity (Wildman–Crippen MR) is 295 cm³/mol. The first-order chi connectivity index (χ1) is 36.1. The highest BCUT2D eigenvalue weighted by atomic mass is 32.2. The summed E-state index contributed by atoms with van der Waals surface area (Å²) >= 11 is 1.19. The topological polar surface area (TPSA) is 230 Å². The highest BCUT2D eigenvalue weighted by Gasteiger charge is 2.48. The molecule has 0 saturated carbocycles. The molecule has 0 radical (unpaired) electrons. The van der Waals surface area contributed by atoms with Crippen molar-refractivity contribution in [3.05, 3.63) is 106 Å². The molecular weight excluding hydrogens is 983 g/mol. The van der Waals surface area contributed by atoms with E-state index in [0.29, 0.717) is 6.42 Å². The summed E-state index contributed by atoms with van der Waals surface area (Å²) in [5.74, 6) is -2.93. The molecule has 8 N–H and O–H groups in total. The zero-order valence-electron chi connectivity index (χ0n) is 45.8. The SMILES string of the molecule is CN[C@@H](C)C(=O)NC(C(=O)N1CC(c2ccc3c(c2)CN(C(=O)C(NC(=O)[C@H](C)NC)C(C)(C)SCC(=O)NCCO)C(C(=O)NC2CCCc4ccccc42)C3)CC1C(=O)N[C@@H]1CCCc2ccccc21)C(C)(C)C. The van der Waals surface area contributed by atoms with Gasteiger partial charge in [0.2, 0.25) is 41.4 Å². The highest BCUT2D eigenvalue weighted by molar-refractivity contribution is 8.01. The molecule has 7 amide bonds. The standard InChI is InChI=1S/C58H81N9O8S/c1-34(59-8)51(70)64-49(57(3,4)5)55(74)66-32-41(30-47(66)54(73)63-45-23-15-19-37-17-11-13-21-43(37)45)38-24-25-39-29-46(53(72)62-44-22-14-18-36-16-10-12-20-42(36)44)67(31-40(39)28-38)56(75)50(65-52(71)35(2)60-9)58(6,7)76-33-48(69)61-26-27-68/h10-13,16-17,20-21,24-25,28,34-35,41,44-47,49-50,59-60,68H,14-15,18-19,22-23,26-27,29-33H2,1-9H3,(H,61,69)(H,62,72)(H,63,73)(H,64,70)(H,65,71)/t34-,35-,41?,44?,45+,46?,47?,49?,50?/m0/s1. The van der Waals surface area contributed by atoms with Gasteiger partial charge in [0, 0.05) is 36.7 Å². The Morgan fingerprint density at radius 3 is 1.78 bits per heavy atom. The molecule has 2 heterocycles. The molecular formula is C58H81N9O8S. The van der Waals surface area contributed by atoms with Crippen LogP contribution < -0.4 is 37.2 Å². The summed E-state index contributed by atoms with van der Waals surface area (Å²) in [6, 6.07) is 16.5. The summed E-state index contributed by atoms with van der Waals surface area (Å²) in [5, 5.41) is 30.5. The number of aliphatic hydroxyl groups is 1. The number of carbonyl (C=O) groups is 7. The Hall–Kier alpha value is -5.82. The number of thioether (sulfide) groups is 1. The van der Waals surface area contributed by atoms with Crippen LogP contribution >= 0.6 is 11.8 Å². The van der Waals surface area contributed by atoms with Gasteiger partial charge < -0.3 is 52.1 Å². The molecule has 2 aliphatic carbocycles. The molecule has 0 aromatic heterocycles. The van der Waals surface area contributed by atoms with Crippen molar-refractivity contribution < 1.29 is 38.7 Å². The van der Waals surface area contributed by atoms with E-state index in [4.69, 9.17) is 0 Å². The van der Waals surface area contributed by atoms with E-state index in [0.717, 1.165) is 66.3 Å². The van der Waals surface area contributed by atoms with Crippen molar-refractivity contribution in [3.63, 3.8) is 0 Å².